The Balaban J connectivity index is 1.38. The van der Waals surface area contributed by atoms with E-state index in [-0.39, 0.29) is 6.04 Å². The predicted molar refractivity (Wildman–Crippen MR) is 116 cm³/mol. The van der Waals surface area contributed by atoms with Crippen LogP contribution in [0, 0.1) is 6.92 Å². The van der Waals surface area contributed by atoms with Crippen LogP contribution in [0.5, 0.6) is 0 Å². The van der Waals surface area contributed by atoms with Gasteiger partial charge in [-0.15, -0.1) is 0 Å². The fourth-order valence-corrected chi connectivity index (χ4v) is 4.40. The molecule has 0 spiro atoms. The molecule has 0 aliphatic carbocycles. The third kappa shape index (κ3) is 3.80. The first kappa shape index (κ1) is 22.0. The Morgan fingerprint density at radius 2 is 2.09 bits per heavy atom. The topological polar surface area (TPSA) is 118 Å². The summed E-state index contributed by atoms with van der Waals surface area (Å²) in [4.78, 5) is 33.8. The van der Waals surface area contributed by atoms with Crippen LogP contribution < -0.4 is 16.0 Å². The van der Waals surface area contributed by atoms with Crippen LogP contribution in [0.3, 0.4) is 0 Å². The van der Waals surface area contributed by atoms with E-state index in [1.165, 1.54) is 11.0 Å². The Morgan fingerprint density at radius 1 is 1.29 bits per heavy atom. The maximum Gasteiger partial charge on any atom is 0.408 e. The number of H-pyrrole nitrogens is 1. The van der Waals surface area contributed by atoms with Crippen LogP contribution in [0.25, 0.3) is 11.0 Å². The quantitative estimate of drug-likeness (QED) is 0.538. The van der Waals surface area contributed by atoms with Gasteiger partial charge in [0.2, 0.25) is 5.91 Å². The van der Waals surface area contributed by atoms with Gasteiger partial charge in [0.25, 0.3) is 0 Å². The molecule has 3 amide bonds. The highest BCUT2D eigenvalue weighted by Crippen LogP contribution is 2.34. The normalized spacial score (nSPS) is 22.5. The summed E-state index contributed by atoms with van der Waals surface area (Å²) >= 11 is 0. The number of halogens is 3. The number of dihydropyridines is 1. The Bertz CT molecular complexity index is 1220. The Kier molecular flexibility index (Phi) is 5.14. The van der Waals surface area contributed by atoms with Crippen molar-refractivity contribution >= 4 is 28.8 Å². The molecule has 180 valence electrons. The van der Waals surface area contributed by atoms with Crippen molar-refractivity contribution in [2.24, 2.45) is 0 Å². The first-order valence-electron chi connectivity index (χ1n) is 10.8. The van der Waals surface area contributed by atoms with Crippen LogP contribution in [-0.2, 0) is 4.79 Å². The number of pyridine rings is 1. The van der Waals surface area contributed by atoms with E-state index in [0.29, 0.717) is 41.3 Å². The molecule has 10 nitrogen and oxygen atoms in total. The van der Waals surface area contributed by atoms with Gasteiger partial charge in [0.1, 0.15) is 17.9 Å². The predicted octanol–water partition coefficient (Wildman–Crippen LogP) is 1.95. The summed E-state index contributed by atoms with van der Waals surface area (Å²) in [7, 11) is 0. The van der Waals surface area contributed by atoms with Crippen LogP contribution in [0.4, 0.5) is 23.8 Å². The summed E-state index contributed by atoms with van der Waals surface area (Å²) in [6.07, 6.45) is -0.673. The van der Waals surface area contributed by atoms with E-state index in [4.69, 9.17) is 0 Å². The molecular formula is C21H23F3N8O2. The number of allylic oxidation sites excluding steroid dienone is 1. The van der Waals surface area contributed by atoms with Gasteiger partial charge in [-0.3, -0.25) is 20.1 Å². The second-order valence-corrected chi connectivity index (χ2v) is 8.60. The lowest BCUT2D eigenvalue weighted by molar-refractivity contribution is -0.158. The number of alkyl halides is 3. The molecule has 3 aliphatic rings. The van der Waals surface area contributed by atoms with Crippen molar-refractivity contribution in [3.05, 3.63) is 41.5 Å². The van der Waals surface area contributed by atoms with E-state index in [0.717, 1.165) is 19.2 Å². The summed E-state index contributed by atoms with van der Waals surface area (Å²) in [6.45, 7) is 4.06. The largest absolute Gasteiger partial charge is 0.408 e. The van der Waals surface area contributed by atoms with Crippen LogP contribution in [0.15, 0.2) is 35.8 Å². The highest BCUT2D eigenvalue weighted by atomic mass is 19.4. The number of hydrogen-bond acceptors (Lipinski definition) is 6. The number of nitrogens with one attached hydrogen (secondary N) is 4. The van der Waals surface area contributed by atoms with Crippen molar-refractivity contribution in [3.63, 3.8) is 0 Å². The molecule has 2 bridgehead atoms. The van der Waals surface area contributed by atoms with E-state index in [9.17, 15) is 22.8 Å². The zero-order valence-electron chi connectivity index (χ0n) is 18.4. The molecule has 0 radical (unpaired) electrons. The fourth-order valence-electron chi connectivity index (χ4n) is 4.40. The van der Waals surface area contributed by atoms with Gasteiger partial charge in [0.05, 0.1) is 17.1 Å². The van der Waals surface area contributed by atoms with Gasteiger partial charge < -0.3 is 15.5 Å². The lowest BCUT2D eigenvalue weighted by Crippen LogP contribution is -2.57. The maximum atomic E-state index is 13.4. The van der Waals surface area contributed by atoms with Gasteiger partial charge in [-0.1, -0.05) is 6.08 Å². The molecule has 4 N–H and O–H groups in total. The van der Waals surface area contributed by atoms with Crippen molar-refractivity contribution in [1.29, 1.82) is 0 Å². The van der Waals surface area contributed by atoms with Gasteiger partial charge in [-0.05, 0) is 38.5 Å². The van der Waals surface area contributed by atoms with E-state index < -0.39 is 30.2 Å². The second kappa shape index (κ2) is 7.92. The molecule has 13 heteroatoms. The molecule has 5 heterocycles. The number of aryl methyl sites for hydroxylation is 1. The van der Waals surface area contributed by atoms with E-state index in [1.54, 1.807) is 12.1 Å². The van der Waals surface area contributed by atoms with Crippen molar-refractivity contribution in [1.82, 2.24) is 35.6 Å². The molecular weight excluding hydrogens is 453 g/mol. The van der Waals surface area contributed by atoms with Crippen LogP contribution >= 0.6 is 0 Å². The summed E-state index contributed by atoms with van der Waals surface area (Å²) in [5.41, 5.74) is 2.05. The van der Waals surface area contributed by atoms with Crippen molar-refractivity contribution < 1.29 is 22.8 Å². The smallest absolute Gasteiger partial charge is 0.366 e. The number of nitrogens with zero attached hydrogens (tertiary/aromatic N) is 4. The summed E-state index contributed by atoms with van der Waals surface area (Å²) in [5.74, 6) is -0.141. The van der Waals surface area contributed by atoms with Crippen molar-refractivity contribution in [2.75, 3.05) is 18.4 Å². The van der Waals surface area contributed by atoms with Gasteiger partial charge >= 0.3 is 12.2 Å². The summed E-state index contributed by atoms with van der Waals surface area (Å²) in [5, 5.41) is 15.3. The monoisotopic (exact) mass is 476 g/mol. The molecule has 2 aromatic heterocycles. The van der Waals surface area contributed by atoms with E-state index >= 15 is 0 Å². The lowest BCUT2D eigenvalue weighted by Gasteiger charge is -2.40. The second-order valence-electron chi connectivity index (χ2n) is 8.60. The number of hydrogen-bond donors (Lipinski definition) is 4. The molecule has 1 unspecified atom stereocenters. The Labute approximate surface area is 192 Å². The lowest BCUT2D eigenvalue weighted by atomic mass is 10.1. The molecule has 5 rings (SSSR count). The molecule has 0 saturated carbocycles. The Morgan fingerprint density at radius 3 is 2.85 bits per heavy atom. The van der Waals surface area contributed by atoms with E-state index in [1.807, 2.05) is 18.3 Å². The summed E-state index contributed by atoms with van der Waals surface area (Å²) < 4.78 is 38.7. The highest BCUT2D eigenvalue weighted by Gasteiger charge is 2.43. The number of anilines is 1. The molecule has 1 fully saturated rings. The van der Waals surface area contributed by atoms with Gasteiger partial charge in [0.15, 0.2) is 11.5 Å². The minimum Gasteiger partial charge on any atom is -0.366 e. The first-order valence-corrected chi connectivity index (χ1v) is 10.8. The van der Waals surface area contributed by atoms with E-state index in [2.05, 4.69) is 30.7 Å². The molecule has 0 aromatic carbocycles. The number of carbonyl (C=O) groups excluding carboxylic acids is 2. The molecule has 34 heavy (non-hydrogen) atoms. The number of carbonyl (C=O) groups is 2. The fraction of sp³-hybridized carbons (Fsp3) is 0.429. The number of rotatable bonds is 3. The van der Waals surface area contributed by atoms with Crippen molar-refractivity contribution in [3.8, 4) is 0 Å². The van der Waals surface area contributed by atoms with Gasteiger partial charge in [-0.25, -0.2) is 9.78 Å². The van der Waals surface area contributed by atoms with Crippen molar-refractivity contribution in [2.45, 2.75) is 44.6 Å². The zero-order valence-corrected chi connectivity index (χ0v) is 18.4. The Hall–Kier alpha value is -3.77. The van der Waals surface area contributed by atoms with Crippen LogP contribution in [-0.4, -0.2) is 74.3 Å². The summed E-state index contributed by atoms with van der Waals surface area (Å²) in [6, 6.07) is -0.0708. The third-order valence-electron chi connectivity index (χ3n) is 6.23. The van der Waals surface area contributed by atoms with Crippen LogP contribution in [0.1, 0.15) is 19.0 Å². The molecule has 2 aromatic rings. The number of urea groups is 1. The van der Waals surface area contributed by atoms with Gasteiger partial charge in [-0.2, -0.15) is 18.3 Å². The zero-order chi connectivity index (χ0) is 24.2. The molecule has 1 saturated heterocycles. The number of amides is 3. The SMILES string of the molecule is Cc1ccc2c(NC(=O)N3C4=C(C=CC(C(=O)N[C@H](C)C(F)(F)F)N4)N4CC[C@H]3C4)n[nH]c2n1. The first-order chi connectivity index (χ1) is 16.1. The molecule has 3 atom stereocenters. The highest BCUT2D eigenvalue weighted by molar-refractivity contribution is 5.98. The van der Waals surface area contributed by atoms with Gasteiger partial charge in [0, 0.05) is 18.8 Å². The van der Waals surface area contributed by atoms with Crippen LogP contribution in [0.2, 0.25) is 0 Å². The number of fused-ring (bicyclic) bond motifs is 4. The maximum absolute atomic E-state index is 13.4. The average Bonchev–Trinajstić information content (AvgIpc) is 3.37. The molecule has 3 aliphatic heterocycles. The average molecular weight is 476 g/mol. The minimum absolute atomic E-state index is 0.166. The number of aromatic nitrogens is 3. The third-order valence-corrected chi connectivity index (χ3v) is 6.23. The number of aromatic amines is 1. The minimum atomic E-state index is -4.56. The standard InChI is InChI=1S/C21H23F3N8O2/c1-10-3-4-13-16(25-10)29-30-17(13)28-20(34)32-12-7-8-31(9-12)15-6-5-14(27-18(15)32)19(33)26-11(2)21(22,23)24/h3-6,11-12,14,27H,7-9H2,1-2H3,(H,26,33)(H2,25,28,29,30,34)/t11-,12+,14?/m1/s1.